The highest BCUT2D eigenvalue weighted by Crippen LogP contribution is 2.28. The molecule has 3 N–H and O–H groups in total. The minimum absolute atomic E-state index is 0.130. The number of carboxylic acids is 1. The van der Waals surface area contributed by atoms with Crippen LogP contribution in [0.3, 0.4) is 0 Å². The van der Waals surface area contributed by atoms with E-state index in [0.29, 0.717) is 0 Å². The largest absolute Gasteiger partial charge is 0.480 e. The lowest BCUT2D eigenvalue weighted by molar-refractivity contribution is -0.140. The maximum atomic E-state index is 11.7. The molecule has 1 saturated carbocycles. The van der Waals surface area contributed by atoms with Crippen molar-refractivity contribution in [1.29, 1.82) is 0 Å². The molecular formula is C12H22N2O3. The Labute approximate surface area is 102 Å². The summed E-state index contributed by atoms with van der Waals surface area (Å²) in [7, 11) is 0. The fourth-order valence-electron chi connectivity index (χ4n) is 2.25. The molecule has 1 atom stereocenters. The van der Waals surface area contributed by atoms with Crippen LogP contribution in [0.15, 0.2) is 0 Å². The zero-order valence-corrected chi connectivity index (χ0v) is 10.7. The van der Waals surface area contributed by atoms with Gasteiger partial charge in [-0.3, -0.25) is 0 Å². The molecule has 5 nitrogen and oxygen atoms in total. The van der Waals surface area contributed by atoms with Crippen LogP contribution in [0.4, 0.5) is 4.79 Å². The molecule has 1 aliphatic rings. The quantitative estimate of drug-likeness (QED) is 0.702. The van der Waals surface area contributed by atoms with Crippen molar-refractivity contribution in [3.05, 3.63) is 0 Å². The highest BCUT2D eigenvalue weighted by molar-refractivity contribution is 5.83. The van der Waals surface area contributed by atoms with E-state index >= 15 is 0 Å². The normalized spacial score (nSPS) is 20.0. The summed E-state index contributed by atoms with van der Waals surface area (Å²) in [6.07, 6.45) is 4.15. The molecule has 0 aromatic heterocycles. The molecular weight excluding hydrogens is 220 g/mol. The van der Waals surface area contributed by atoms with E-state index in [0.717, 1.165) is 25.7 Å². The van der Waals surface area contributed by atoms with E-state index in [1.165, 1.54) is 0 Å². The van der Waals surface area contributed by atoms with Crippen LogP contribution in [0, 0.1) is 5.92 Å². The molecule has 1 fully saturated rings. The van der Waals surface area contributed by atoms with E-state index in [1.807, 2.05) is 6.92 Å². The molecule has 1 aliphatic carbocycles. The highest BCUT2D eigenvalue weighted by Gasteiger charge is 2.31. The maximum absolute atomic E-state index is 11.7. The minimum Gasteiger partial charge on any atom is -0.480 e. The second-order valence-electron chi connectivity index (χ2n) is 5.43. The van der Waals surface area contributed by atoms with Gasteiger partial charge >= 0.3 is 12.0 Å². The lowest BCUT2D eigenvalue weighted by Crippen LogP contribution is -2.54. The first-order valence-electron chi connectivity index (χ1n) is 6.15. The average Bonchev–Trinajstić information content (AvgIpc) is 2.60. The zero-order valence-electron chi connectivity index (χ0n) is 10.7. The molecule has 0 aromatic rings. The van der Waals surface area contributed by atoms with Gasteiger partial charge in [0.15, 0.2) is 0 Å². The van der Waals surface area contributed by atoms with Gasteiger partial charge in [0.1, 0.15) is 6.04 Å². The standard InChI is InChI=1S/C12H22N2O3/c1-8(2)9(10(15)16)13-11(17)14-12(3)6-4-5-7-12/h8-9H,4-7H2,1-3H3,(H,15,16)(H2,13,14,17)/t9-/m0/s1. The molecule has 0 heterocycles. The van der Waals surface area contributed by atoms with Crippen LogP contribution in [0.5, 0.6) is 0 Å². The first-order valence-corrected chi connectivity index (χ1v) is 6.15. The van der Waals surface area contributed by atoms with Gasteiger partial charge in [-0.1, -0.05) is 26.7 Å². The van der Waals surface area contributed by atoms with Crippen molar-refractivity contribution in [2.24, 2.45) is 5.92 Å². The van der Waals surface area contributed by atoms with Gasteiger partial charge in [-0.2, -0.15) is 0 Å². The molecule has 0 radical (unpaired) electrons. The summed E-state index contributed by atoms with van der Waals surface area (Å²) in [4.78, 5) is 22.7. The molecule has 0 aliphatic heterocycles. The lowest BCUT2D eigenvalue weighted by Gasteiger charge is -2.27. The molecule has 0 bridgehead atoms. The van der Waals surface area contributed by atoms with Crippen LogP contribution in [0.25, 0.3) is 0 Å². The number of rotatable bonds is 4. The van der Waals surface area contributed by atoms with E-state index in [2.05, 4.69) is 10.6 Å². The molecule has 0 unspecified atom stereocenters. The Kier molecular flexibility index (Phi) is 4.37. The second kappa shape index (κ2) is 5.38. The van der Waals surface area contributed by atoms with Gasteiger partial charge in [-0.15, -0.1) is 0 Å². The number of hydrogen-bond donors (Lipinski definition) is 3. The van der Waals surface area contributed by atoms with Crippen LogP contribution in [-0.2, 0) is 4.79 Å². The van der Waals surface area contributed by atoms with Gasteiger partial charge in [0.2, 0.25) is 0 Å². The molecule has 2 amide bonds. The SMILES string of the molecule is CC(C)[C@H](NC(=O)NC1(C)CCCC1)C(=O)O. The van der Waals surface area contributed by atoms with Crippen LogP contribution in [-0.4, -0.2) is 28.7 Å². The van der Waals surface area contributed by atoms with Crippen LogP contribution in [0.1, 0.15) is 46.5 Å². The van der Waals surface area contributed by atoms with E-state index in [-0.39, 0.29) is 17.5 Å². The molecule has 5 heteroatoms. The van der Waals surface area contributed by atoms with E-state index < -0.39 is 12.0 Å². The van der Waals surface area contributed by atoms with Gasteiger partial charge < -0.3 is 15.7 Å². The monoisotopic (exact) mass is 242 g/mol. The van der Waals surface area contributed by atoms with Crippen LogP contribution < -0.4 is 10.6 Å². The Bertz CT molecular complexity index is 296. The van der Waals surface area contributed by atoms with Gasteiger partial charge in [-0.05, 0) is 25.7 Å². The average molecular weight is 242 g/mol. The molecule has 0 saturated heterocycles. The van der Waals surface area contributed by atoms with E-state index in [9.17, 15) is 9.59 Å². The topological polar surface area (TPSA) is 78.4 Å². The van der Waals surface area contributed by atoms with Gasteiger partial charge in [0, 0.05) is 5.54 Å². The third-order valence-electron chi connectivity index (χ3n) is 3.34. The molecule has 98 valence electrons. The molecule has 1 rings (SSSR count). The predicted octanol–water partition coefficient (Wildman–Crippen LogP) is 1.73. The van der Waals surface area contributed by atoms with E-state index in [4.69, 9.17) is 5.11 Å². The van der Waals surface area contributed by atoms with Crippen molar-refractivity contribution >= 4 is 12.0 Å². The maximum Gasteiger partial charge on any atom is 0.326 e. The van der Waals surface area contributed by atoms with Crippen molar-refractivity contribution in [3.8, 4) is 0 Å². The van der Waals surface area contributed by atoms with Crippen molar-refractivity contribution in [2.75, 3.05) is 0 Å². The molecule has 0 aromatic carbocycles. The smallest absolute Gasteiger partial charge is 0.326 e. The minimum atomic E-state index is -0.994. The summed E-state index contributed by atoms with van der Waals surface area (Å²) in [6, 6.07) is -1.21. The van der Waals surface area contributed by atoms with Crippen molar-refractivity contribution in [2.45, 2.75) is 58.0 Å². The first kappa shape index (κ1) is 13.8. The van der Waals surface area contributed by atoms with Crippen molar-refractivity contribution in [1.82, 2.24) is 10.6 Å². The number of urea groups is 1. The number of carbonyl (C=O) groups is 2. The predicted molar refractivity (Wildman–Crippen MR) is 64.8 cm³/mol. The third kappa shape index (κ3) is 3.91. The Morgan fingerprint density at radius 3 is 2.18 bits per heavy atom. The van der Waals surface area contributed by atoms with Gasteiger partial charge in [-0.25, -0.2) is 9.59 Å². The Balaban J connectivity index is 2.50. The Hall–Kier alpha value is -1.26. The Morgan fingerprint density at radius 2 is 1.76 bits per heavy atom. The third-order valence-corrected chi connectivity index (χ3v) is 3.34. The van der Waals surface area contributed by atoms with E-state index in [1.54, 1.807) is 13.8 Å². The number of hydrogen-bond acceptors (Lipinski definition) is 2. The summed E-state index contributed by atoms with van der Waals surface area (Å²) in [5.74, 6) is -1.12. The highest BCUT2D eigenvalue weighted by atomic mass is 16.4. The molecule has 0 spiro atoms. The Morgan fingerprint density at radius 1 is 1.24 bits per heavy atom. The van der Waals surface area contributed by atoms with Crippen molar-refractivity contribution in [3.63, 3.8) is 0 Å². The second-order valence-corrected chi connectivity index (χ2v) is 5.43. The lowest BCUT2D eigenvalue weighted by atomic mass is 10.0. The summed E-state index contributed by atoms with van der Waals surface area (Å²) in [5.41, 5.74) is -0.176. The first-order chi connectivity index (χ1) is 7.84. The van der Waals surface area contributed by atoms with Gasteiger partial charge in [0.25, 0.3) is 0 Å². The van der Waals surface area contributed by atoms with Gasteiger partial charge in [0.05, 0.1) is 0 Å². The van der Waals surface area contributed by atoms with Crippen LogP contribution in [0.2, 0.25) is 0 Å². The summed E-state index contributed by atoms with van der Waals surface area (Å²) in [6.45, 7) is 5.55. The summed E-state index contributed by atoms with van der Waals surface area (Å²) in [5, 5.41) is 14.4. The van der Waals surface area contributed by atoms with Crippen LogP contribution >= 0.6 is 0 Å². The number of amides is 2. The number of carboxylic acid groups (broad SMARTS) is 1. The summed E-state index contributed by atoms with van der Waals surface area (Å²) >= 11 is 0. The fraction of sp³-hybridized carbons (Fsp3) is 0.833. The fourth-order valence-corrected chi connectivity index (χ4v) is 2.25. The molecule has 17 heavy (non-hydrogen) atoms. The number of carbonyl (C=O) groups excluding carboxylic acids is 1. The number of nitrogens with one attached hydrogen (secondary N) is 2. The van der Waals surface area contributed by atoms with Crippen molar-refractivity contribution < 1.29 is 14.7 Å². The number of aliphatic carboxylic acids is 1. The zero-order chi connectivity index (χ0) is 13.1. The summed E-state index contributed by atoms with van der Waals surface area (Å²) < 4.78 is 0.